The van der Waals surface area contributed by atoms with Crippen LogP contribution in [0.25, 0.3) is 0 Å². The van der Waals surface area contributed by atoms with Crippen LogP contribution in [0, 0.1) is 5.82 Å². The zero-order chi connectivity index (χ0) is 11.4. The first-order valence-corrected chi connectivity index (χ1v) is 4.13. The van der Waals surface area contributed by atoms with Crippen LogP contribution < -0.4 is 9.47 Å². The second-order valence-corrected chi connectivity index (χ2v) is 2.69. The lowest BCUT2D eigenvalue weighted by molar-refractivity contribution is 0.0599. The highest BCUT2D eigenvalue weighted by molar-refractivity contribution is 5.90. The van der Waals surface area contributed by atoms with Gasteiger partial charge in [0.05, 0.1) is 26.9 Å². The summed E-state index contributed by atoms with van der Waals surface area (Å²) in [6.07, 6.45) is 0. The summed E-state index contributed by atoms with van der Waals surface area (Å²) in [4.78, 5) is 11.1. The van der Waals surface area contributed by atoms with Crippen LogP contribution in [-0.4, -0.2) is 27.3 Å². The number of halogens is 1. The Labute approximate surface area is 86.6 Å². The molecule has 1 aromatic carbocycles. The van der Waals surface area contributed by atoms with Crippen molar-refractivity contribution in [1.82, 2.24) is 0 Å². The van der Waals surface area contributed by atoms with Crippen molar-refractivity contribution in [3.05, 3.63) is 23.5 Å². The molecule has 1 aromatic rings. The molecular formula is C10H11FO4. The molecule has 0 amide bonds. The molecule has 0 saturated heterocycles. The molecule has 82 valence electrons. The van der Waals surface area contributed by atoms with Gasteiger partial charge in [0, 0.05) is 0 Å². The summed E-state index contributed by atoms with van der Waals surface area (Å²) in [6.45, 7) is 0. The van der Waals surface area contributed by atoms with E-state index in [1.165, 1.54) is 27.4 Å². The zero-order valence-electron chi connectivity index (χ0n) is 8.67. The highest BCUT2D eigenvalue weighted by atomic mass is 19.1. The van der Waals surface area contributed by atoms with Crippen molar-refractivity contribution in [3.8, 4) is 11.5 Å². The van der Waals surface area contributed by atoms with Crippen molar-refractivity contribution in [2.45, 2.75) is 0 Å². The van der Waals surface area contributed by atoms with Crippen molar-refractivity contribution in [2.75, 3.05) is 21.3 Å². The molecule has 0 aliphatic heterocycles. The largest absolute Gasteiger partial charge is 0.493 e. The van der Waals surface area contributed by atoms with E-state index in [1.807, 2.05) is 0 Å². The maximum atomic E-state index is 13.4. The van der Waals surface area contributed by atoms with Crippen molar-refractivity contribution in [2.24, 2.45) is 0 Å². The number of hydrogen-bond donors (Lipinski definition) is 0. The van der Waals surface area contributed by atoms with Crippen molar-refractivity contribution in [1.29, 1.82) is 0 Å². The van der Waals surface area contributed by atoms with Gasteiger partial charge in [-0.2, -0.15) is 0 Å². The molecule has 0 bridgehead atoms. The molecule has 15 heavy (non-hydrogen) atoms. The second kappa shape index (κ2) is 4.63. The van der Waals surface area contributed by atoms with Crippen LogP contribution in [0.5, 0.6) is 11.5 Å². The number of methoxy groups -OCH3 is 3. The van der Waals surface area contributed by atoms with E-state index >= 15 is 0 Å². The minimum absolute atomic E-state index is 0.0369. The summed E-state index contributed by atoms with van der Waals surface area (Å²) in [6, 6.07) is 2.39. The van der Waals surface area contributed by atoms with Crippen LogP contribution in [0.2, 0.25) is 0 Å². The third kappa shape index (κ3) is 2.18. The van der Waals surface area contributed by atoms with Gasteiger partial charge in [-0.1, -0.05) is 0 Å². The lowest BCUT2D eigenvalue weighted by Gasteiger charge is -2.09. The Morgan fingerprint density at radius 2 is 1.87 bits per heavy atom. The van der Waals surface area contributed by atoms with E-state index in [2.05, 4.69) is 4.74 Å². The Morgan fingerprint density at radius 1 is 1.20 bits per heavy atom. The van der Waals surface area contributed by atoms with Crippen molar-refractivity contribution >= 4 is 5.97 Å². The molecular weight excluding hydrogens is 203 g/mol. The van der Waals surface area contributed by atoms with Gasteiger partial charge in [0.25, 0.3) is 0 Å². The molecule has 0 unspecified atom stereocenters. The molecule has 0 aliphatic rings. The van der Waals surface area contributed by atoms with E-state index in [1.54, 1.807) is 0 Å². The number of benzene rings is 1. The number of carbonyl (C=O) groups is 1. The van der Waals surface area contributed by atoms with Gasteiger partial charge in [-0.05, 0) is 12.1 Å². The number of ether oxygens (including phenoxy) is 3. The predicted octanol–water partition coefficient (Wildman–Crippen LogP) is 1.63. The first-order chi connectivity index (χ1) is 7.13. The van der Waals surface area contributed by atoms with Gasteiger partial charge in [0.2, 0.25) is 0 Å². The van der Waals surface area contributed by atoms with Gasteiger partial charge >= 0.3 is 5.97 Å². The maximum absolute atomic E-state index is 13.4. The predicted molar refractivity (Wildman–Crippen MR) is 50.8 cm³/mol. The summed E-state index contributed by atoms with van der Waals surface area (Å²) in [7, 11) is 3.90. The molecule has 4 nitrogen and oxygen atoms in total. The summed E-state index contributed by atoms with van der Waals surface area (Å²) in [5, 5.41) is 0. The fraction of sp³-hybridized carbons (Fsp3) is 0.300. The number of rotatable bonds is 3. The van der Waals surface area contributed by atoms with Gasteiger partial charge in [-0.25, -0.2) is 9.18 Å². The topological polar surface area (TPSA) is 44.8 Å². The average molecular weight is 214 g/mol. The van der Waals surface area contributed by atoms with E-state index in [-0.39, 0.29) is 17.1 Å². The van der Waals surface area contributed by atoms with E-state index in [9.17, 15) is 9.18 Å². The minimum Gasteiger partial charge on any atom is -0.493 e. The minimum atomic E-state index is -0.669. The smallest absolute Gasteiger partial charge is 0.338 e. The zero-order valence-corrected chi connectivity index (χ0v) is 8.67. The standard InChI is InChI=1S/C10H11FO4/c1-13-8-5-6(10(12)15-3)4-7(11)9(8)14-2/h4-5H,1-3H3. The molecule has 0 saturated carbocycles. The Bertz CT molecular complexity index is 376. The maximum Gasteiger partial charge on any atom is 0.338 e. The summed E-state index contributed by atoms with van der Waals surface area (Å²) >= 11 is 0. The Hall–Kier alpha value is -1.78. The molecule has 0 fully saturated rings. The number of esters is 1. The van der Waals surface area contributed by atoms with Crippen LogP contribution in [-0.2, 0) is 4.74 Å². The van der Waals surface area contributed by atoms with E-state index in [4.69, 9.17) is 9.47 Å². The first-order valence-electron chi connectivity index (χ1n) is 4.13. The average Bonchev–Trinajstić information content (AvgIpc) is 2.26. The van der Waals surface area contributed by atoms with Crippen LogP contribution in [0.3, 0.4) is 0 Å². The monoisotopic (exact) mass is 214 g/mol. The fourth-order valence-electron chi connectivity index (χ4n) is 1.15. The molecule has 0 spiro atoms. The van der Waals surface area contributed by atoms with E-state index in [0.717, 1.165) is 6.07 Å². The third-order valence-electron chi connectivity index (χ3n) is 1.85. The highest BCUT2D eigenvalue weighted by Crippen LogP contribution is 2.31. The van der Waals surface area contributed by atoms with Gasteiger partial charge in [-0.15, -0.1) is 0 Å². The fourth-order valence-corrected chi connectivity index (χ4v) is 1.15. The van der Waals surface area contributed by atoms with Crippen LogP contribution in [0.15, 0.2) is 12.1 Å². The third-order valence-corrected chi connectivity index (χ3v) is 1.85. The summed E-state index contributed by atoms with van der Waals surface area (Å²) in [5.41, 5.74) is 0.0765. The van der Waals surface area contributed by atoms with Crippen LogP contribution in [0.4, 0.5) is 4.39 Å². The molecule has 0 aromatic heterocycles. The molecule has 0 aliphatic carbocycles. The molecule has 1 rings (SSSR count). The van der Waals surface area contributed by atoms with E-state index in [0.29, 0.717) is 0 Å². The highest BCUT2D eigenvalue weighted by Gasteiger charge is 2.16. The number of hydrogen-bond acceptors (Lipinski definition) is 4. The molecule has 0 atom stereocenters. The molecule has 0 radical (unpaired) electrons. The van der Waals surface area contributed by atoms with Crippen LogP contribution >= 0.6 is 0 Å². The lowest BCUT2D eigenvalue weighted by Crippen LogP contribution is -2.04. The normalized spacial score (nSPS) is 9.60. The Balaban J connectivity index is 3.25. The van der Waals surface area contributed by atoms with E-state index < -0.39 is 11.8 Å². The quantitative estimate of drug-likeness (QED) is 0.717. The second-order valence-electron chi connectivity index (χ2n) is 2.69. The van der Waals surface area contributed by atoms with Gasteiger partial charge < -0.3 is 14.2 Å². The summed E-state index contributed by atoms with van der Waals surface area (Å²) in [5.74, 6) is -1.19. The molecule has 0 heterocycles. The van der Waals surface area contributed by atoms with Gasteiger partial charge in [0.1, 0.15) is 0 Å². The van der Waals surface area contributed by atoms with Crippen molar-refractivity contribution in [3.63, 3.8) is 0 Å². The SMILES string of the molecule is COC(=O)c1cc(F)c(OC)c(OC)c1. The molecule has 5 heteroatoms. The van der Waals surface area contributed by atoms with Gasteiger partial charge in [0.15, 0.2) is 17.3 Å². The van der Waals surface area contributed by atoms with Crippen LogP contribution in [0.1, 0.15) is 10.4 Å². The first kappa shape index (κ1) is 11.3. The summed E-state index contributed by atoms with van der Waals surface area (Å²) < 4.78 is 27.5. The Kier molecular flexibility index (Phi) is 3.49. The van der Waals surface area contributed by atoms with Crippen molar-refractivity contribution < 1.29 is 23.4 Å². The lowest BCUT2D eigenvalue weighted by atomic mass is 10.2. The van der Waals surface area contributed by atoms with Gasteiger partial charge in [-0.3, -0.25) is 0 Å². The number of carbonyl (C=O) groups excluding carboxylic acids is 1. The Morgan fingerprint density at radius 3 is 2.33 bits per heavy atom. The molecule has 0 N–H and O–H groups in total.